The Balaban J connectivity index is 1.95. The van der Waals surface area contributed by atoms with Crippen molar-refractivity contribution in [1.82, 2.24) is 5.32 Å². The summed E-state index contributed by atoms with van der Waals surface area (Å²) in [6.07, 6.45) is 0.434. The van der Waals surface area contributed by atoms with Gasteiger partial charge in [-0.25, -0.2) is 5.32 Å². The predicted molar refractivity (Wildman–Crippen MR) is 73.8 cm³/mol. The first-order valence-corrected chi connectivity index (χ1v) is 6.23. The topological polar surface area (TPSA) is 51.4 Å². The maximum atomic E-state index is 11.2. The second-order valence-electron chi connectivity index (χ2n) is 4.37. The van der Waals surface area contributed by atoms with Crippen molar-refractivity contribution in [3.63, 3.8) is 0 Å². The van der Waals surface area contributed by atoms with Crippen LogP contribution < -0.4 is 5.32 Å². The quantitative estimate of drug-likeness (QED) is 0.861. The van der Waals surface area contributed by atoms with E-state index in [1.54, 1.807) is 0 Å². The number of carboxylic acids is 1. The zero-order valence-electron chi connectivity index (χ0n) is 10.6. The first-order valence-electron chi connectivity index (χ1n) is 6.23. The van der Waals surface area contributed by atoms with E-state index in [9.17, 15) is 9.90 Å². The van der Waals surface area contributed by atoms with Gasteiger partial charge in [0.2, 0.25) is 0 Å². The van der Waals surface area contributed by atoms with Crippen LogP contribution >= 0.6 is 0 Å². The number of rotatable bonds is 6. The van der Waals surface area contributed by atoms with Gasteiger partial charge in [0.25, 0.3) is 0 Å². The van der Waals surface area contributed by atoms with E-state index in [0.717, 1.165) is 11.1 Å². The Labute approximate surface area is 112 Å². The molecule has 0 fully saturated rings. The monoisotopic (exact) mass is 254 g/mol. The van der Waals surface area contributed by atoms with E-state index in [0.29, 0.717) is 13.0 Å². The lowest BCUT2D eigenvalue weighted by Crippen LogP contribution is -2.32. The summed E-state index contributed by atoms with van der Waals surface area (Å²) >= 11 is 0. The molecule has 0 spiro atoms. The van der Waals surface area contributed by atoms with Crippen LogP contribution in [0.5, 0.6) is 0 Å². The summed E-state index contributed by atoms with van der Waals surface area (Å²) in [5.74, 6) is -0.875. The van der Waals surface area contributed by atoms with Crippen LogP contribution in [0.4, 0.5) is 0 Å². The molecule has 1 unspecified atom stereocenters. The van der Waals surface area contributed by atoms with Crippen molar-refractivity contribution in [2.75, 3.05) is 0 Å². The largest absolute Gasteiger partial charge is 0.480 e. The molecule has 0 amide bonds. The lowest BCUT2D eigenvalue weighted by molar-refractivity contribution is -0.139. The van der Waals surface area contributed by atoms with Gasteiger partial charge < -0.3 is 5.11 Å². The highest BCUT2D eigenvalue weighted by molar-refractivity contribution is 5.73. The molecule has 0 aliphatic heterocycles. The minimum Gasteiger partial charge on any atom is -0.480 e. The fraction of sp³-hybridized carbons (Fsp3) is 0.188. The highest BCUT2D eigenvalue weighted by Gasteiger charge is 2.18. The van der Waals surface area contributed by atoms with Gasteiger partial charge in [-0.2, -0.15) is 0 Å². The number of nitrogens with zero attached hydrogens (tertiary/aromatic N) is 1. The van der Waals surface area contributed by atoms with Crippen molar-refractivity contribution in [3.8, 4) is 0 Å². The molecule has 3 heteroatoms. The fourth-order valence-corrected chi connectivity index (χ4v) is 1.87. The third-order valence-corrected chi connectivity index (χ3v) is 2.89. The van der Waals surface area contributed by atoms with Gasteiger partial charge in [-0.3, -0.25) is 4.79 Å². The van der Waals surface area contributed by atoms with Crippen molar-refractivity contribution in [2.24, 2.45) is 0 Å². The molecule has 0 saturated heterocycles. The molecule has 19 heavy (non-hydrogen) atoms. The zero-order chi connectivity index (χ0) is 13.5. The number of hydrogen-bond acceptors (Lipinski definition) is 1. The summed E-state index contributed by atoms with van der Waals surface area (Å²) in [6, 6.07) is 18.6. The molecule has 1 atom stereocenters. The van der Waals surface area contributed by atoms with Gasteiger partial charge in [-0.05, 0) is 11.1 Å². The Bertz CT molecular complexity index is 511. The van der Waals surface area contributed by atoms with Crippen molar-refractivity contribution < 1.29 is 9.90 Å². The molecular formula is C16H16NO2. The molecule has 2 aromatic carbocycles. The van der Waals surface area contributed by atoms with Crippen molar-refractivity contribution >= 4 is 5.97 Å². The molecule has 0 aromatic heterocycles. The molecular weight excluding hydrogens is 238 g/mol. The summed E-state index contributed by atoms with van der Waals surface area (Å²) < 4.78 is 0. The van der Waals surface area contributed by atoms with E-state index in [1.807, 2.05) is 60.7 Å². The van der Waals surface area contributed by atoms with E-state index in [4.69, 9.17) is 0 Å². The highest BCUT2D eigenvalue weighted by atomic mass is 16.4. The summed E-state index contributed by atoms with van der Waals surface area (Å²) in [5, 5.41) is 13.5. The number of carboxylic acid groups (broad SMARTS) is 1. The maximum Gasteiger partial charge on any atom is 0.322 e. The number of benzene rings is 2. The zero-order valence-corrected chi connectivity index (χ0v) is 10.6. The van der Waals surface area contributed by atoms with E-state index in [1.165, 1.54) is 0 Å². The second-order valence-corrected chi connectivity index (χ2v) is 4.37. The lowest BCUT2D eigenvalue weighted by atomic mass is 10.1. The van der Waals surface area contributed by atoms with Gasteiger partial charge >= 0.3 is 5.97 Å². The van der Waals surface area contributed by atoms with Crippen molar-refractivity contribution in [3.05, 3.63) is 71.8 Å². The van der Waals surface area contributed by atoms with Crippen LogP contribution in [0.15, 0.2) is 60.7 Å². The Hall–Kier alpha value is -2.13. The van der Waals surface area contributed by atoms with Gasteiger partial charge in [0.05, 0.1) is 0 Å². The third-order valence-electron chi connectivity index (χ3n) is 2.89. The molecule has 97 valence electrons. The van der Waals surface area contributed by atoms with Crippen LogP contribution in [-0.4, -0.2) is 17.1 Å². The minimum absolute atomic E-state index is 0.434. The molecule has 0 aliphatic rings. The SMILES string of the molecule is O=C(O)C(Cc1ccccc1)[N]Cc1ccccc1. The smallest absolute Gasteiger partial charge is 0.322 e. The third kappa shape index (κ3) is 4.23. The van der Waals surface area contributed by atoms with E-state index in [2.05, 4.69) is 5.32 Å². The highest BCUT2D eigenvalue weighted by Crippen LogP contribution is 2.06. The molecule has 2 aromatic rings. The maximum absolute atomic E-state index is 11.2. The number of hydrogen-bond donors (Lipinski definition) is 1. The lowest BCUT2D eigenvalue weighted by Gasteiger charge is -2.12. The van der Waals surface area contributed by atoms with Crippen LogP contribution in [0.2, 0.25) is 0 Å². The molecule has 0 aliphatic carbocycles. The second kappa shape index (κ2) is 6.71. The molecule has 1 N–H and O–H groups in total. The van der Waals surface area contributed by atoms with Crippen LogP contribution in [0.25, 0.3) is 0 Å². The van der Waals surface area contributed by atoms with Gasteiger partial charge in [-0.15, -0.1) is 0 Å². The number of aliphatic carboxylic acids is 1. The van der Waals surface area contributed by atoms with E-state index in [-0.39, 0.29) is 0 Å². The minimum atomic E-state index is -0.875. The van der Waals surface area contributed by atoms with Crippen molar-refractivity contribution in [1.29, 1.82) is 0 Å². The summed E-state index contributed by atoms with van der Waals surface area (Å²) in [4.78, 5) is 11.2. The van der Waals surface area contributed by atoms with Crippen molar-refractivity contribution in [2.45, 2.75) is 19.0 Å². The standard InChI is InChI=1S/C16H16NO2/c18-16(19)15(11-13-7-3-1-4-8-13)17-12-14-9-5-2-6-10-14/h1-10,15H,11-12H2,(H,18,19). The summed E-state index contributed by atoms with van der Waals surface area (Å²) in [6.45, 7) is 0.435. The van der Waals surface area contributed by atoms with Crippen LogP contribution in [-0.2, 0) is 17.8 Å². The van der Waals surface area contributed by atoms with E-state index < -0.39 is 12.0 Å². The van der Waals surface area contributed by atoms with Gasteiger partial charge in [0, 0.05) is 13.0 Å². The molecule has 0 heterocycles. The molecule has 0 saturated carbocycles. The fourth-order valence-electron chi connectivity index (χ4n) is 1.87. The average molecular weight is 254 g/mol. The first kappa shape index (κ1) is 13.3. The Morgan fingerprint density at radius 3 is 2.00 bits per heavy atom. The molecule has 0 bridgehead atoms. The number of carbonyl (C=O) groups is 1. The molecule has 3 nitrogen and oxygen atoms in total. The van der Waals surface area contributed by atoms with Gasteiger partial charge in [0.15, 0.2) is 0 Å². The molecule has 1 radical (unpaired) electrons. The normalized spacial score (nSPS) is 12.0. The van der Waals surface area contributed by atoms with Gasteiger partial charge in [0.1, 0.15) is 6.04 Å². The van der Waals surface area contributed by atoms with Crippen LogP contribution in [0, 0.1) is 0 Å². The Morgan fingerprint density at radius 1 is 0.947 bits per heavy atom. The average Bonchev–Trinajstić information content (AvgIpc) is 2.45. The Kier molecular flexibility index (Phi) is 4.70. The summed E-state index contributed by atoms with van der Waals surface area (Å²) in [5.41, 5.74) is 2.02. The summed E-state index contributed by atoms with van der Waals surface area (Å²) in [7, 11) is 0. The van der Waals surface area contributed by atoms with Crippen LogP contribution in [0.3, 0.4) is 0 Å². The Morgan fingerprint density at radius 2 is 1.47 bits per heavy atom. The first-order chi connectivity index (χ1) is 9.25. The predicted octanol–water partition coefficient (Wildman–Crippen LogP) is 2.49. The molecule has 2 rings (SSSR count). The van der Waals surface area contributed by atoms with E-state index >= 15 is 0 Å². The van der Waals surface area contributed by atoms with Gasteiger partial charge in [-0.1, -0.05) is 60.7 Å². The van der Waals surface area contributed by atoms with Crippen LogP contribution in [0.1, 0.15) is 11.1 Å².